The number of nitrogens with zero attached hydrogens (tertiary/aromatic N) is 1. The Kier molecular flexibility index (Phi) is 5.87. The lowest BCUT2D eigenvalue weighted by molar-refractivity contribution is 0.196. The van der Waals surface area contributed by atoms with Crippen LogP contribution in [0, 0.1) is 5.92 Å². The fourth-order valence-electron chi connectivity index (χ4n) is 3.26. The van der Waals surface area contributed by atoms with Crippen molar-refractivity contribution in [2.75, 3.05) is 27.2 Å². The first-order chi connectivity index (χ1) is 9.29. The first-order valence-electron chi connectivity index (χ1n) is 7.69. The minimum atomic E-state index is 0.730. The third-order valence-electron chi connectivity index (χ3n) is 4.45. The lowest BCUT2D eigenvalue weighted by Gasteiger charge is -2.34. The molecule has 0 spiro atoms. The third-order valence-corrected chi connectivity index (χ3v) is 4.45. The van der Waals surface area contributed by atoms with E-state index in [0.29, 0.717) is 0 Å². The van der Waals surface area contributed by atoms with E-state index in [1.165, 1.54) is 37.8 Å². The van der Waals surface area contributed by atoms with E-state index < -0.39 is 0 Å². The molecule has 2 atom stereocenters. The molecule has 1 saturated carbocycles. The van der Waals surface area contributed by atoms with Gasteiger partial charge in [-0.3, -0.25) is 0 Å². The Morgan fingerprint density at radius 1 is 1.16 bits per heavy atom. The first-order valence-corrected chi connectivity index (χ1v) is 7.69. The third kappa shape index (κ3) is 4.63. The van der Waals surface area contributed by atoms with Crippen molar-refractivity contribution in [3.05, 3.63) is 35.9 Å². The molecule has 2 heteroatoms. The Bertz CT molecular complexity index is 350. The van der Waals surface area contributed by atoms with Gasteiger partial charge in [0, 0.05) is 19.1 Å². The van der Waals surface area contributed by atoms with E-state index in [9.17, 15) is 0 Å². The van der Waals surface area contributed by atoms with Gasteiger partial charge in [0.1, 0.15) is 0 Å². The molecule has 0 bridgehead atoms. The van der Waals surface area contributed by atoms with Crippen LogP contribution < -0.4 is 5.32 Å². The van der Waals surface area contributed by atoms with Gasteiger partial charge in [0.2, 0.25) is 0 Å². The Morgan fingerprint density at radius 2 is 1.89 bits per heavy atom. The van der Waals surface area contributed by atoms with Gasteiger partial charge < -0.3 is 10.2 Å². The largest absolute Gasteiger partial charge is 0.317 e. The zero-order valence-electron chi connectivity index (χ0n) is 12.4. The van der Waals surface area contributed by atoms with Crippen LogP contribution in [0.5, 0.6) is 0 Å². The molecular formula is C17H28N2. The zero-order valence-corrected chi connectivity index (χ0v) is 12.4. The fraction of sp³-hybridized carbons (Fsp3) is 0.647. The molecule has 1 aromatic carbocycles. The number of likely N-dealkylation sites (N-methyl/N-ethyl adjacent to an activating group) is 1. The Balaban J connectivity index is 1.75. The average Bonchev–Trinajstić information content (AvgIpc) is 2.47. The molecule has 19 heavy (non-hydrogen) atoms. The SMILES string of the molecule is CNC1CCCCC1CN(C)CCc1ccccc1. The van der Waals surface area contributed by atoms with E-state index in [2.05, 4.69) is 54.6 Å². The summed E-state index contributed by atoms with van der Waals surface area (Å²) in [4.78, 5) is 2.51. The van der Waals surface area contributed by atoms with Crippen LogP contribution in [-0.2, 0) is 6.42 Å². The van der Waals surface area contributed by atoms with Crippen molar-refractivity contribution in [3.63, 3.8) is 0 Å². The van der Waals surface area contributed by atoms with Crippen LogP contribution in [0.3, 0.4) is 0 Å². The van der Waals surface area contributed by atoms with E-state index in [4.69, 9.17) is 0 Å². The van der Waals surface area contributed by atoms with Gasteiger partial charge in [-0.15, -0.1) is 0 Å². The first kappa shape index (κ1) is 14.5. The Labute approximate surface area is 118 Å². The summed E-state index contributed by atoms with van der Waals surface area (Å²) < 4.78 is 0. The van der Waals surface area contributed by atoms with Gasteiger partial charge >= 0.3 is 0 Å². The highest BCUT2D eigenvalue weighted by molar-refractivity contribution is 5.14. The van der Waals surface area contributed by atoms with Gasteiger partial charge in [0.05, 0.1) is 0 Å². The minimum Gasteiger partial charge on any atom is -0.317 e. The van der Waals surface area contributed by atoms with Gasteiger partial charge in [-0.05, 0) is 44.8 Å². The van der Waals surface area contributed by atoms with Gasteiger partial charge in [-0.25, -0.2) is 0 Å². The number of benzene rings is 1. The monoisotopic (exact) mass is 260 g/mol. The van der Waals surface area contributed by atoms with Crippen molar-refractivity contribution >= 4 is 0 Å². The smallest absolute Gasteiger partial charge is 0.0104 e. The van der Waals surface area contributed by atoms with Crippen molar-refractivity contribution in [1.82, 2.24) is 10.2 Å². The fourth-order valence-corrected chi connectivity index (χ4v) is 3.26. The maximum Gasteiger partial charge on any atom is 0.0104 e. The number of hydrogen-bond acceptors (Lipinski definition) is 2. The normalized spacial score (nSPS) is 23.7. The molecule has 106 valence electrons. The molecular weight excluding hydrogens is 232 g/mol. The van der Waals surface area contributed by atoms with Crippen molar-refractivity contribution in [2.24, 2.45) is 5.92 Å². The summed E-state index contributed by atoms with van der Waals surface area (Å²) in [6.07, 6.45) is 6.72. The highest BCUT2D eigenvalue weighted by atomic mass is 15.1. The lowest BCUT2D eigenvalue weighted by Crippen LogP contribution is -2.42. The lowest BCUT2D eigenvalue weighted by atomic mass is 9.84. The van der Waals surface area contributed by atoms with Gasteiger partial charge in [-0.1, -0.05) is 43.2 Å². The molecule has 2 unspecified atom stereocenters. The second kappa shape index (κ2) is 7.66. The molecule has 1 fully saturated rings. The summed E-state index contributed by atoms with van der Waals surface area (Å²) in [5.41, 5.74) is 1.45. The molecule has 1 N–H and O–H groups in total. The van der Waals surface area contributed by atoms with Crippen LogP contribution in [0.25, 0.3) is 0 Å². The van der Waals surface area contributed by atoms with Crippen molar-refractivity contribution in [3.8, 4) is 0 Å². The second-order valence-corrected chi connectivity index (χ2v) is 5.94. The van der Waals surface area contributed by atoms with Crippen LogP contribution in [0.1, 0.15) is 31.2 Å². The number of hydrogen-bond donors (Lipinski definition) is 1. The van der Waals surface area contributed by atoms with Gasteiger partial charge in [0.25, 0.3) is 0 Å². The molecule has 2 rings (SSSR count). The molecule has 1 aromatic rings. The van der Waals surface area contributed by atoms with Gasteiger partial charge in [-0.2, -0.15) is 0 Å². The summed E-state index contributed by atoms with van der Waals surface area (Å²) >= 11 is 0. The van der Waals surface area contributed by atoms with Crippen LogP contribution in [0.15, 0.2) is 30.3 Å². The van der Waals surface area contributed by atoms with Crippen LogP contribution in [0.2, 0.25) is 0 Å². The summed E-state index contributed by atoms with van der Waals surface area (Å²) in [7, 11) is 4.39. The summed E-state index contributed by atoms with van der Waals surface area (Å²) in [5, 5.41) is 3.51. The molecule has 0 radical (unpaired) electrons. The number of nitrogens with one attached hydrogen (secondary N) is 1. The standard InChI is InChI=1S/C17H28N2/c1-18-17-11-7-6-10-16(17)14-19(2)13-12-15-8-4-3-5-9-15/h3-5,8-9,16-18H,6-7,10-14H2,1-2H3. The quantitative estimate of drug-likeness (QED) is 0.846. The van der Waals surface area contributed by atoms with E-state index in [0.717, 1.165) is 24.9 Å². The maximum atomic E-state index is 3.51. The molecule has 0 aromatic heterocycles. The topological polar surface area (TPSA) is 15.3 Å². The van der Waals surface area contributed by atoms with E-state index in [1.54, 1.807) is 0 Å². The molecule has 2 nitrogen and oxygen atoms in total. The maximum absolute atomic E-state index is 3.51. The molecule has 0 amide bonds. The highest BCUT2D eigenvalue weighted by Crippen LogP contribution is 2.24. The Morgan fingerprint density at radius 3 is 2.63 bits per heavy atom. The molecule has 0 heterocycles. The highest BCUT2D eigenvalue weighted by Gasteiger charge is 2.24. The van der Waals surface area contributed by atoms with Gasteiger partial charge in [0.15, 0.2) is 0 Å². The molecule has 1 aliphatic rings. The van der Waals surface area contributed by atoms with Crippen molar-refractivity contribution in [1.29, 1.82) is 0 Å². The summed E-state index contributed by atoms with van der Waals surface area (Å²) in [6, 6.07) is 11.5. The summed E-state index contributed by atoms with van der Waals surface area (Å²) in [6.45, 7) is 2.40. The van der Waals surface area contributed by atoms with E-state index in [1.807, 2.05) is 0 Å². The van der Waals surface area contributed by atoms with Crippen molar-refractivity contribution < 1.29 is 0 Å². The molecule has 0 saturated heterocycles. The average molecular weight is 260 g/mol. The molecule has 0 aliphatic heterocycles. The summed E-state index contributed by atoms with van der Waals surface area (Å²) in [5.74, 6) is 0.833. The van der Waals surface area contributed by atoms with Crippen LogP contribution in [-0.4, -0.2) is 38.1 Å². The zero-order chi connectivity index (χ0) is 13.5. The van der Waals surface area contributed by atoms with E-state index in [-0.39, 0.29) is 0 Å². The predicted octanol–water partition coefficient (Wildman–Crippen LogP) is 2.94. The molecule has 1 aliphatic carbocycles. The number of rotatable bonds is 6. The van der Waals surface area contributed by atoms with E-state index >= 15 is 0 Å². The second-order valence-electron chi connectivity index (χ2n) is 5.94. The predicted molar refractivity (Wildman–Crippen MR) is 82.4 cm³/mol. The Hall–Kier alpha value is -0.860. The van der Waals surface area contributed by atoms with Crippen LogP contribution in [0.4, 0.5) is 0 Å². The van der Waals surface area contributed by atoms with Crippen LogP contribution >= 0.6 is 0 Å². The minimum absolute atomic E-state index is 0.730. The van der Waals surface area contributed by atoms with Crippen molar-refractivity contribution in [2.45, 2.75) is 38.1 Å².